The predicted octanol–water partition coefficient (Wildman–Crippen LogP) is 0.846. The van der Waals surface area contributed by atoms with Gasteiger partial charge in [-0.05, 0) is 25.2 Å². The Labute approximate surface area is 83.7 Å². The van der Waals surface area contributed by atoms with Crippen molar-refractivity contribution in [3.8, 4) is 0 Å². The van der Waals surface area contributed by atoms with Crippen LogP contribution in [0.3, 0.4) is 0 Å². The molecule has 1 fully saturated rings. The van der Waals surface area contributed by atoms with Gasteiger partial charge < -0.3 is 10.0 Å². The van der Waals surface area contributed by atoms with Crippen molar-refractivity contribution in [3.63, 3.8) is 0 Å². The maximum atomic E-state index is 11.2. The van der Waals surface area contributed by atoms with Crippen LogP contribution in [-0.4, -0.2) is 41.5 Å². The summed E-state index contributed by atoms with van der Waals surface area (Å²) in [7, 11) is 0. The van der Waals surface area contributed by atoms with E-state index >= 15 is 0 Å². The molecule has 0 saturated carbocycles. The minimum Gasteiger partial charge on any atom is -0.396 e. The Bertz CT molecular complexity index is 175. The molecule has 1 amide bonds. The fraction of sp³-hybridized carbons (Fsp3) is 0.889. The van der Waals surface area contributed by atoms with Crippen LogP contribution in [0.2, 0.25) is 0 Å². The van der Waals surface area contributed by atoms with Crippen molar-refractivity contribution in [1.29, 1.82) is 0 Å². The lowest BCUT2D eigenvalue weighted by molar-refractivity contribution is -0.128. The molecule has 1 heterocycles. The molecular weight excluding hydrogens is 190 g/mol. The molecule has 0 aliphatic carbocycles. The van der Waals surface area contributed by atoms with E-state index in [-0.39, 0.29) is 18.4 Å². The number of rotatable bonds is 2. The summed E-state index contributed by atoms with van der Waals surface area (Å²) in [5.41, 5.74) is 0. The Hall–Kier alpha value is -0.280. The van der Waals surface area contributed by atoms with Crippen molar-refractivity contribution in [1.82, 2.24) is 4.90 Å². The summed E-state index contributed by atoms with van der Waals surface area (Å²) in [4.78, 5) is 13.0. The maximum absolute atomic E-state index is 11.2. The summed E-state index contributed by atoms with van der Waals surface area (Å²) >= 11 is 5.47. The largest absolute Gasteiger partial charge is 0.396 e. The Morgan fingerprint density at radius 3 is 2.85 bits per heavy atom. The van der Waals surface area contributed by atoms with Crippen LogP contribution in [0.1, 0.15) is 19.3 Å². The molecule has 1 aliphatic heterocycles. The highest BCUT2D eigenvalue weighted by atomic mass is 35.5. The number of hydrogen-bond acceptors (Lipinski definition) is 2. The summed E-state index contributed by atoms with van der Waals surface area (Å²) in [6.07, 6.45) is 2.90. The first-order valence-electron chi connectivity index (χ1n) is 4.72. The molecule has 1 atom stereocenters. The van der Waals surface area contributed by atoms with Crippen molar-refractivity contribution in [3.05, 3.63) is 0 Å². The van der Waals surface area contributed by atoms with Gasteiger partial charge in [0.25, 0.3) is 0 Å². The molecule has 76 valence electrons. The third kappa shape index (κ3) is 3.16. The molecule has 1 saturated heterocycles. The van der Waals surface area contributed by atoms with Crippen LogP contribution in [-0.2, 0) is 4.79 Å². The van der Waals surface area contributed by atoms with E-state index in [1.165, 1.54) is 0 Å². The van der Waals surface area contributed by atoms with Crippen LogP contribution in [0.15, 0.2) is 0 Å². The van der Waals surface area contributed by atoms with Crippen molar-refractivity contribution in [2.75, 3.05) is 25.6 Å². The van der Waals surface area contributed by atoms with Crippen molar-refractivity contribution >= 4 is 17.5 Å². The summed E-state index contributed by atoms with van der Waals surface area (Å²) < 4.78 is 0. The Morgan fingerprint density at radius 1 is 1.46 bits per heavy atom. The molecule has 1 aliphatic rings. The number of alkyl halides is 1. The molecule has 0 aromatic rings. The lowest BCUT2D eigenvalue weighted by Crippen LogP contribution is -2.32. The summed E-state index contributed by atoms with van der Waals surface area (Å²) in [6.45, 7) is 1.78. The molecule has 13 heavy (non-hydrogen) atoms. The SMILES string of the molecule is O=C(CCl)N1CCCC(CO)CC1. The number of nitrogens with zero attached hydrogens (tertiary/aromatic N) is 1. The second-order valence-electron chi connectivity index (χ2n) is 3.49. The third-order valence-electron chi connectivity index (χ3n) is 2.57. The van der Waals surface area contributed by atoms with E-state index in [9.17, 15) is 4.79 Å². The van der Waals surface area contributed by atoms with Gasteiger partial charge in [0.15, 0.2) is 0 Å². The zero-order valence-electron chi connectivity index (χ0n) is 7.71. The molecule has 3 nitrogen and oxygen atoms in total. The average molecular weight is 206 g/mol. The highest BCUT2D eigenvalue weighted by Crippen LogP contribution is 2.16. The lowest BCUT2D eigenvalue weighted by atomic mass is 10.0. The molecule has 1 N–H and O–H groups in total. The zero-order valence-corrected chi connectivity index (χ0v) is 8.46. The number of aliphatic hydroxyl groups excluding tert-OH is 1. The smallest absolute Gasteiger partial charge is 0.237 e. The lowest BCUT2D eigenvalue weighted by Gasteiger charge is -2.18. The minimum absolute atomic E-state index is 0.0141. The number of likely N-dealkylation sites (tertiary alicyclic amines) is 1. The highest BCUT2D eigenvalue weighted by molar-refractivity contribution is 6.27. The fourth-order valence-corrected chi connectivity index (χ4v) is 1.85. The van der Waals surface area contributed by atoms with E-state index in [1.54, 1.807) is 4.90 Å². The quantitative estimate of drug-likeness (QED) is 0.679. The zero-order chi connectivity index (χ0) is 9.68. The van der Waals surface area contributed by atoms with Crippen molar-refractivity contribution in [2.24, 2.45) is 5.92 Å². The molecule has 1 rings (SSSR count). The Kier molecular flexibility index (Phi) is 4.53. The average Bonchev–Trinajstić information content (AvgIpc) is 2.41. The predicted molar refractivity (Wildman–Crippen MR) is 51.7 cm³/mol. The van der Waals surface area contributed by atoms with Gasteiger partial charge in [-0.3, -0.25) is 4.79 Å². The molecule has 0 spiro atoms. The van der Waals surface area contributed by atoms with E-state index in [0.29, 0.717) is 5.92 Å². The first kappa shape index (κ1) is 10.8. The standard InChI is InChI=1S/C9H16ClNO2/c10-6-9(13)11-4-1-2-8(7-12)3-5-11/h8,12H,1-7H2. The van der Waals surface area contributed by atoms with E-state index in [0.717, 1.165) is 32.4 Å². The van der Waals surface area contributed by atoms with E-state index in [1.807, 2.05) is 0 Å². The summed E-state index contributed by atoms with van der Waals surface area (Å²) in [5.74, 6) is 0.456. The number of amides is 1. The maximum Gasteiger partial charge on any atom is 0.237 e. The van der Waals surface area contributed by atoms with Gasteiger partial charge in [-0.15, -0.1) is 11.6 Å². The van der Waals surface area contributed by atoms with Gasteiger partial charge in [0, 0.05) is 19.7 Å². The van der Waals surface area contributed by atoms with Crippen LogP contribution < -0.4 is 0 Å². The normalized spacial score (nSPS) is 24.2. The van der Waals surface area contributed by atoms with Gasteiger partial charge in [0.05, 0.1) is 0 Å². The minimum atomic E-state index is 0.0141. The number of aliphatic hydroxyl groups is 1. The van der Waals surface area contributed by atoms with E-state index in [2.05, 4.69) is 0 Å². The first-order chi connectivity index (χ1) is 6.27. The van der Waals surface area contributed by atoms with Crippen LogP contribution >= 0.6 is 11.6 Å². The molecule has 0 aromatic carbocycles. The molecule has 0 bridgehead atoms. The first-order valence-corrected chi connectivity index (χ1v) is 5.26. The monoisotopic (exact) mass is 205 g/mol. The van der Waals surface area contributed by atoms with Crippen LogP contribution in [0, 0.1) is 5.92 Å². The summed E-state index contributed by atoms with van der Waals surface area (Å²) in [6, 6.07) is 0. The molecule has 0 radical (unpaired) electrons. The molecule has 1 unspecified atom stereocenters. The highest BCUT2D eigenvalue weighted by Gasteiger charge is 2.18. The summed E-state index contributed by atoms with van der Waals surface area (Å²) in [5, 5.41) is 8.97. The van der Waals surface area contributed by atoms with Gasteiger partial charge in [0.1, 0.15) is 5.88 Å². The second-order valence-corrected chi connectivity index (χ2v) is 3.76. The second kappa shape index (κ2) is 5.45. The van der Waals surface area contributed by atoms with Gasteiger partial charge in [-0.25, -0.2) is 0 Å². The van der Waals surface area contributed by atoms with Gasteiger partial charge in [-0.2, -0.15) is 0 Å². The number of hydrogen-bond donors (Lipinski definition) is 1. The molecule has 0 aromatic heterocycles. The van der Waals surface area contributed by atoms with Crippen molar-refractivity contribution in [2.45, 2.75) is 19.3 Å². The molecule has 4 heteroatoms. The van der Waals surface area contributed by atoms with Gasteiger partial charge in [0.2, 0.25) is 5.91 Å². The topological polar surface area (TPSA) is 40.5 Å². The Balaban J connectivity index is 2.40. The van der Waals surface area contributed by atoms with Crippen LogP contribution in [0.4, 0.5) is 0 Å². The van der Waals surface area contributed by atoms with Crippen molar-refractivity contribution < 1.29 is 9.90 Å². The number of carbonyl (C=O) groups excluding carboxylic acids is 1. The van der Waals surface area contributed by atoms with E-state index < -0.39 is 0 Å². The van der Waals surface area contributed by atoms with Gasteiger partial charge >= 0.3 is 0 Å². The third-order valence-corrected chi connectivity index (χ3v) is 2.80. The van der Waals surface area contributed by atoms with Gasteiger partial charge in [-0.1, -0.05) is 0 Å². The number of carbonyl (C=O) groups is 1. The van der Waals surface area contributed by atoms with E-state index in [4.69, 9.17) is 16.7 Å². The van der Waals surface area contributed by atoms with Crippen LogP contribution in [0.25, 0.3) is 0 Å². The number of halogens is 1. The molecular formula is C9H16ClNO2. The van der Waals surface area contributed by atoms with Crippen LogP contribution in [0.5, 0.6) is 0 Å². The fourth-order valence-electron chi connectivity index (χ4n) is 1.68. The Morgan fingerprint density at radius 2 is 2.23 bits per heavy atom.